The molecule has 5 heteroatoms. The Morgan fingerprint density at radius 1 is 1.24 bits per heavy atom. The van der Waals surface area contributed by atoms with Crippen molar-refractivity contribution in [1.82, 2.24) is 5.32 Å². The van der Waals surface area contributed by atoms with Crippen LogP contribution >= 0.6 is 0 Å². The topological polar surface area (TPSA) is 86.6 Å². The SMILES string of the molecule is CCC1C[C@H](C(=O)NCC(O)CC(C)(C)C)[C@H](C(=O)O)C1. The van der Waals surface area contributed by atoms with Gasteiger partial charge in [-0.25, -0.2) is 0 Å². The summed E-state index contributed by atoms with van der Waals surface area (Å²) in [6, 6.07) is 0. The molecular formula is C16H29NO4. The average molecular weight is 299 g/mol. The maximum Gasteiger partial charge on any atom is 0.307 e. The zero-order valence-corrected chi connectivity index (χ0v) is 13.6. The maximum absolute atomic E-state index is 12.2. The van der Waals surface area contributed by atoms with Crippen molar-refractivity contribution in [1.29, 1.82) is 0 Å². The largest absolute Gasteiger partial charge is 0.481 e. The summed E-state index contributed by atoms with van der Waals surface area (Å²) in [6.45, 7) is 8.30. The van der Waals surface area contributed by atoms with Crippen LogP contribution in [0.5, 0.6) is 0 Å². The number of hydrogen-bond donors (Lipinski definition) is 3. The lowest BCUT2D eigenvalue weighted by Gasteiger charge is -2.23. The third-order valence-corrected chi connectivity index (χ3v) is 4.25. The van der Waals surface area contributed by atoms with Gasteiger partial charge in [-0.05, 0) is 30.6 Å². The van der Waals surface area contributed by atoms with Gasteiger partial charge in [0.25, 0.3) is 0 Å². The second-order valence-corrected chi connectivity index (χ2v) is 7.46. The van der Waals surface area contributed by atoms with Crippen LogP contribution in [0.25, 0.3) is 0 Å². The fourth-order valence-electron chi connectivity index (χ4n) is 3.17. The molecule has 0 saturated heterocycles. The minimum atomic E-state index is -0.888. The molecule has 4 atom stereocenters. The van der Waals surface area contributed by atoms with Crippen LogP contribution in [-0.2, 0) is 9.59 Å². The second kappa shape index (κ2) is 7.25. The van der Waals surface area contributed by atoms with E-state index in [-0.39, 0.29) is 17.9 Å². The van der Waals surface area contributed by atoms with E-state index in [4.69, 9.17) is 0 Å². The van der Waals surface area contributed by atoms with Crippen LogP contribution in [0.1, 0.15) is 53.4 Å². The predicted molar refractivity (Wildman–Crippen MR) is 80.7 cm³/mol. The summed E-state index contributed by atoms with van der Waals surface area (Å²) >= 11 is 0. The summed E-state index contributed by atoms with van der Waals surface area (Å²) in [5.74, 6) is -1.86. The van der Waals surface area contributed by atoms with Gasteiger partial charge in [-0.3, -0.25) is 9.59 Å². The van der Waals surface area contributed by atoms with Gasteiger partial charge >= 0.3 is 5.97 Å². The number of aliphatic hydroxyl groups is 1. The first-order chi connectivity index (χ1) is 9.64. The van der Waals surface area contributed by atoms with Gasteiger partial charge in [-0.2, -0.15) is 0 Å². The first kappa shape index (κ1) is 18.0. The Labute approximate surface area is 127 Å². The third-order valence-electron chi connectivity index (χ3n) is 4.25. The number of hydrogen-bond acceptors (Lipinski definition) is 3. The van der Waals surface area contributed by atoms with E-state index in [2.05, 4.69) is 5.32 Å². The molecule has 1 saturated carbocycles. The number of nitrogens with one attached hydrogen (secondary N) is 1. The van der Waals surface area contributed by atoms with Crippen LogP contribution in [0, 0.1) is 23.2 Å². The lowest BCUT2D eigenvalue weighted by molar-refractivity contribution is -0.146. The van der Waals surface area contributed by atoms with Crippen LogP contribution in [-0.4, -0.2) is 34.7 Å². The van der Waals surface area contributed by atoms with E-state index in [1.165, 1.54) is 0 Å². The Morgan fingerprint density at radius 3 is 2.29 bits per heavy atom. The van der Waals surface area contributed by atoms with Crippen LogP contribution < -0.4 is 5.32 Å². The van der Waals surface area contributed by atoms with Gasteiger partial charge in [0.2, 0.25) is 5.91 Å². The van der Waals surface area contributed by atoms with Crippen LogP contribution in [0.3, 0.4) is 0 Å². The standard InChI is InChI=1S/C16H29NO4/c1-5-10-6-12(13(7-10)15(20)21)14(19)17-9-11(18)8-16(2,3)4/h10-13,18H,5-9H2,1-4H3,(H,17,19)(H,20,21)/t10?,11?,12-,13+/m0/s1. The van der Waals surface area contributed by atoms with Crippen molar-refractivity contribution in [3.05, 3.63) is 0 Å². The molecule has 122 valence electrons. The predicted octanol–water partition coefficient (Wildman–Crippen LogP) is 2.04. The minimum Gasteiger partial charge on any atom is -0.481 e. The molecule has 1 fully saturated rings. The van der Waals surface area contributed by atoms with E-state index >= 15 is 0 Å². The molecule has 2 unspecified atom stereocenters. The molecule has 21 heavy (non-hydrogen) atoms. The van der Waals surface area contributed by atoms with Crippen molar-refractivity contribution < 1.29 is 19.8 Å². The Kier molecular flexibility index (Phi) is 6.20. The normalized spacial score (nSPS) is 27.4. The number of amides is 1. The molecular weight excluding hydrogens is 270 g/mol. The van der Waals surface area contributed by atoms with Crippen molar-refractivity contribution in [2.24, 2.45) is 23.2 Å². The monoisotopic (exact) mass is 299 g/mol. The molecule has 3 N–H and O–H groups in total. The van der Waals surface area contributed by atoms with Crippen molar-refractivity contribution >= 4 is 11.9 Å². The Morgan fingerprint density at radius 2 is 1.81 bits per heavy atom. The van der Waals surface area contributed by atoms with Gasteiger partial charge in [0.05, 0.1) is 17.9 Å². The molecule has 0 aromatic carbocycles. The fourth-order valence-corrected chi connectivity index (χ4v) is 3.17. The molecule has 0 bridgehead atoms. The molecule has 0 aromatic rings. The molecule has 1 aliphatic carbocycles. The highest BCUT2D eigenvalue weighted by molar-refractivity contribution is 5.85. The zero-order valence-electron chi connectivity index (χ0n) is 13.6. The number of carbonyl (C=O) groups excluding carboxylic acids is 1. The van der Waals surface area contributed by atoms with Crippen molar-refractivity contribution in [3.8, 4) is 0 Å². The minimum absolute atomic E-state index is 0.00555. The third kappa shape index (κ3) is 5.65. The second-order valence-electron chi connectivity index (χ2n) is 7.46. The van der Waals surface area contributed by atoms with Crippen LogP contribution in [0.4, 0.5) is 0 Å². The lowest BCUT2D eigenvalue weighted by atomic mass is 9.89. The maximum atomic E-state index is 12.2. The number of rotatable bonds is 6. The molecule has 0 aliphatic heterocycles. The van der Waals surface area contributed by atoms with E-state index in [1.54, 1.807) is 0 Å². The number of carbonyl (C=O) groups is 2. The Balaban J connectivity index is 2.52. The number of carboxylic acid groups (broad SMARTS) is 1. The van der Waals surface area contributed by atoms with Crippen molar-refractivity contribution in [2.75, 3.05) is 6.54 Å². The number of aliphatic carboxylic acids is 1. The number of aliphatic hydroxyl groups excluding tert-OH is 1. The van der Waals surface area contributed by atoms with E-state index in [9.17, 15) is 19.8 Å². The van der Waals surface area contributed by atoms with Crippen molar-refractivity contribution in [2.45, 2.75) is 59.5 Å². The highest BCUT2D eigenvalue weighted by Gasteiger charge is 2.42. The van der Waals surface area contributed by atoms with E-state index in [1.807, 2.05) is 27.7 Å². The van der Waals surface area contributed by atoms with Gasteiger partial charge in [0, 0.05) is 6.54 Å². The highest BCUT2D eigenvalue weighted by Crippen LogP contribution is 2.38. The summed E-state index contributed by atoms with van der Waals surface area (Å²) in [6.07, 6.45) is 2.11. The first-order valence-corrected chi connectivity index (χ1v) is 7.82. The quantitative estimate of drug-likeness (QED) is 0.700. The molecule has 0 spiro atoms. The summed E-state index contributed by atoms with van der Waals surface area (Å²) in [7, 11) is 0. The molecule has 0 aromatic heterocycles. The fraction of sp³-hybridized carbons (Fsp3) is 0.875. The first-order valence-electron chi connectivity index (χ1n) is 7.82. The Hall–Kier alpha value is -1.10. The molecule has 5 nitrogen and oxygen atoms in total. The summed E-state index contributed by atoms with van der Waals surface area (Å²) in [5.41, 5.74) is -0.00555. The smallest absolute Gasteiger partial charge is 0.307 e. The molecule has 0 heterocycles. The van der Waals surface area contributed by atoms with Gasteiger partial charge in [0.15, 0.2) is 0 Å². The van der Waals surface area contributed by atoms with Crippen LogP contribution in [0.2, 0.25) is 0 Å². The van der Waals surface area contributed by atoms with Gasteiger partial charge < -0.3 is 15.5 Å². The average Bonchev–Trinajstić information content (AvgIpc) is 2.78. The molecule has 0 radical (unpaired) electrons. The van der Waals surface area contributed by atoms with Gasteiger partial charge in [0.1, 0.15) is 0 Å². The summed E-state index contributed by atoms with van der Waals surface area (Å²) < 4.78 is 0. The van der Waals surface area contributed by atoms with Crippen LogP contribution in [0.15, 0.2) is 0 Å². The summed E-state index contributed by atoms with van der Waals surface area (Å²) in [5, 5.41) is 21.9. The van der Waals surface area contributed by atoms with Gasteiger partial charge in [-0.1, -0.05) is 34.1 Å². The molecule has 1 rings (SSSR count). The summed E-state index contributed by atoms with van der Waals surface area (Å²) in [4.78, 5) is 23.5. The van der Waals surface area contributed by atoms with E-state index in [0.29, 0.717) is 25.2 Å². The lowest BCUT2D eigenvalue weighted by Crippen LogP contribution is -2.40. The van der Waals surface area contributed by atoms with Crippen molar-refractivity contribution in [3.63, 3.8) is 0 Å². The zero-order chi connectivity index (χ0) is 16.2. The molecule has 1 aliphatic rings. The van der Waals surface area contributed by atoms with E-state index in [0.717, 1.165) is 6.42 Å². The number of carboxylic acids is 1. The van der Waals surface area contributed by atoms with Gasteiger partial charge in [-0.15, -0.1) is 0 Å². The highest BCUT2D eigenvalue weighted by atomic mass is 16.4. The van der Waals surface area contributed by atoms with E-state index < -0.39 is 23.9 Å². The molecule has 1 amide bonds. The Bertz CT molecular complexity index is 375.